The molecule has 8 nitrogen and oxygen atoms in total. The molecule has 0 atom stereocenters. The van der Waals surface area contributed by atoms with Gasteiger partial charge in [0.25, 0.3) is 15.9 Å². The highest BCUT2D eigenvalue weighted by Gasteiger charge is 2.22. The van der Waals surface area contributed by atoms with E-state index in [-0.39, 0.29) is 16.7 Å². The number of carbonyl (C=O) groups excluding carboxylic acids is 2. The van der Waals surface area contributed by atoms with Crippen molar-refractivity contribution >= 4 is 38.9 Å². The molecular formula is C25H25N3O5S. The Bertz CT molecular complexity index is 1320. The minimum atomic E-state index is -3.89. The molecule has 0 aliphatic carbocycles. The molecule has 1 aliphatic rings. The van der Waals surface area contributed by atoms with Crippen LogP contribution in [-0.4, -0.2) is 33.9 Å². The molecule has 1 aliphatic heterocycles. The van der Waals surface area contributed by atoms with Crippen LogP contribution in [0.25, 0.3) is 0 Å². The molecule has 1 heterocycles. The summed E-state index contributed by atoms with van der Waals surface area (Å²) in [6.07, 6.45) is 1.36. The van der Waals surface area contributed by atoms with Crippen molar-refractivity contribution in [2.45, 2.75) is 24.7 Å². The van der Waals surface area contributed by atoms with Crippen LogP contribution in [0.3, 0.4) is 0 Å². The number of rotatable bonds is 7. The van der Waals surface area contributed by atoms with Crippen LogP contribution in [0.1, 0.15) is 28.8 Å². The summed E-state index contributed by atoms with van der Waals surface area (Å²) < 4.78 is 33.6. The van der Waals surface area contributed by atoms with Crippen LogP contribution in [0, 0.1) is 6.92 Å². The first-order valence-electron chi connectivity index (χ1n) is 10.8. The van der Waals surface area contributed by atoms with Gasteiger partial charge in [-0.3, -0.25) is 14.3 Å². The van der Waals surface area contributed by atoms with E-state index in [0.717, 1.165) is 12.1 Å². The van der Waals surface area contributed by atoms with Gasteiger partial charge in [-0.15, -0.1) is 0 Å². The zero-order chi connectivity index (χ0) is 24.3. The Labute approximate surface area is 198 Å². The van der Waals surface area contributed by atoms with E-state index >= 15 is 0 Å². The molecule has 1 saturated heterocycles. The summed E-state index contributed by atoms with van der Waals surface area (Å²) in [6.45, 7) is 2.36. The number of methoxy groups -OCH3 is 1. The molecular weight excluding hydrogens is 454 g/mol. The first-order valence-corrected chi connectivity index (χ1v) is 12.2. The van der Waals surface area contributed by atoms with Crippen LogP contribution in [-0.2, 0) is 14.8 Å². The summed E-state index contributed by atoms with van der Waals surface area (Å²) in [6, 6.07) is 18.0. The summed E-state index contributed by atoms with van der Waals surface area (Å²) in [4.78, 5) is 26.4. The van der Waals surface area contributed by atoms with Gasteiger partial charge < -0.3 is 15.0 Å². The smallest absolute Gasteiger partial charge is 0.262 e. The second-order valence-electron chi connectivity index (χ2n) is 7.96. The van der Waals surface area contributed by atoms with Crippen LogP contribution >= 0.6 is 0 Å². The number of anilines is 3. The van der Waals surface area contributed by atoms with Crippen molar-refractivity contribution in [2.75, 3.05) is 28.6 Å². The fraction of sp³-hybridized carbons (Fsp3) is 0.200. The predicted octanol–water partition coefficient (Wildman–Crippen LogP) is 4.18. The molecule has 0 radical (unpaired) electrons. The van der Waals surface area contributed by atoms with E-state index in [9.17, 15) is 18.0 Å². The van der Waals surface area contributed by atoms with Crippen molar-refractivity contribution in [1.29, 1.82) is 0 Å². The molecule has 4 rings (SSSR count). The number of amides is 2. The van der Waals surface area contributed by atoms with Crippen LogP contribution in [0.4, 0.5) is 17.1 Å². The standard InChI is InChI=1S/C25H25N3O5S/c1-17-5-8-20(16-23(17)34(31,32)27-19-9-13-22(33-2)14-10-19)26-25(30)18-6-11-21(12-7-18)28-15-3-4-24(28)29/h5-14,16,27H,3-4,15H2,1-2H3,(H,26,30). The summed E-state index contributed by atoms with van der Waals surface area (Å²) in [5.41, 5.74) is 2.44. The lowest BCUT2D eigenvalue weighted by atomic mass is 10.1. The van der Waals surface area contributed by atoms with Crippen molar-refractivity contribution in [3.05, 3.63) is 77.9 Å². The van der Waals surface area contributed by atoms with E-state index in [1.54, 1.807) is 72.5 Å². The minimum Gasteiger partial charge on any atom is -0.497 e. The minimum absolute atomic E-state index is 0.0593. The molecule has 3 aromatic carbocycles. The van der Waals surface area contributed by atoms with E-state index in [4.69, 9.17) is 4.74 Å². The van der Waals surface area contributed by atoms with Crippen molar-refractivity contribution in [2.24, 2.45) is 0 Å². The predicted molar refractivity (Wildman–Crippen MR) is 131 cm³/mol. The van der Waals surface area contributed by atoms with Crippen molar-refractivity contribution < 1.29 is 22.7 Å². The second-order valence-corrected chi connectivity index (χ2v) is 9.62. The third-order valence-corrected chi connectivity index (χ3v) is 7.12. The molecule has 0 spiro atoms. The third kappa shape index (κ3) is 5.04. The number of ether oxygens (including phenoxy) is 1. The summed E-state index contributed by atoms with van der Waals surface area (Å²) in [5.74, 6) is 0.312. The Morgan fingerprint density at radius 1 is 0.971 bits per heavy atom. The topological polar surface area (TPSA) is 105 Å². The van der Waals surface area contributed by atoms with Gasteiger partial charge in [0.15, 0.2) is 0 Å². The SMILES string of the molecule is COc1ccc(NS(=O)(=O)c2cc(NC(=O)c3ccc(N4CCCC4=O)cc3)ccc2C)cc1. The lowest BCUT2D eigenvalue weighted by Crippen LogP contribution is -2.23. The van der Waals surface area contributed by atoms with Crippen LogP contribution in [0.5, 0.6) is 5.75 Å². The molecule has 1 fully saturated rings. The zero-order valence-electron chi connectivity index (χ0n) is 18.9. The fourth-order valence-corrected chi connectivity index (χ4v) is 5.08. The van der Waals surface area contributed by atoms with Gasteiger partial charge in [0, 0.05) is 35.6 Å². The maximum Gasteiger partial charge on any atom is 0.262 e. The fourth-order valence-electron chi connectivity index (χ4n) is 3.75. The summed E-state index contributed by atoms with van der Waals surface area (Å²) in [7, 11) is -2.35. The monoisotopic (exact) mass is 479 g/mol. The van der Waals surface area contributed by atoms with Crippen LogP contribution < -0.4 is 19.7 Å². The number of benzene rings is 3. The molecule has 0 aromatic heterocycles. The van der Waals surface area contributed by atoms with E-state index in [2.05, 4.69) is 10.0 Å². The summed E-state index contributed by atoms with van der Waals surface area (Å²) >= 11 is 0. The Morgan fingerprint density at radius 3 is 2.26 bits per heavy atom. The molecule has 0 saturated carbocycles. The largest absolute Gasteiger partial charge is 0.497 e. The van der Waals surface area contributed by atoms with Gasteiger partial charge in [0.2, 0.25) is 5.91 Å². The van der Waals surface area contributed by atoms with Crippen LogP contribution in [0.15, 0.2) is 71.6 Å². The van der Waals surface area contributed by atoms with Gasteiger partial charge in [0.05, 0.1) is 12.0 Å². The molecule has 2 amide bonds. The number of nitrogens with zero attached hydrogens (tertiary/aromatic N) is 1. The first-order chi connectivity index (χ1) is 16.3. The van der Waals surface area contributed by atoms with Crippen molar-refractivity contribution in [1.82, 2.24) is 0 Å². The molecule has 2 N–H and O–H groups in total. The molecule has 9 heteroatoms. The number of hydrogen-bond donors (Lipinski definition) is 2. The van der Waals surface area contributed by atoms with Gasteiger partial charge in [-0.05, 0) is 79.6 Å². The van der Waals surface area contributed by atoms with E-state index in [1.807, 2.05) is 0 Å². The normalized spacial score (nSPS) is 13.6. The Hall–Kier alpha value is -3.85. The average Bonchev–Trinajstić information content (AvgIpc) is 3.26. The van der Waals surface area contributed by atoms with Crippen LogP contribution in [0.2, 0.25) is 0 Å². The van der Waals surface area contributed by atoms with Gasteiger partial charge >= 0.3 is 0 Å². The number of sulfonamides is 1. The van der Waals surface area contributed by atoms with E-state index < -0.39 is 10.0 Å². The van der Waals surface area contributed by atoms with Crippen molar-refractivity contribution in [3.63, 3.8) is 0 Å². The van der Waals surface area contributed by atoms with Gasteiger partial charge in [-0.2, -0.15) is 0 Å². The highest BCUT2D eigenvalue weighted by Crippen LogP contribution is 2.25. The Kier molecular flexibility index (Phi) is 6.56. The molecule has 34 heavy (non-hydrogen) atoms. The molecule has 0 bridgehead atoms. The number of nitrogens with one attached hydrogen (secondary N) is 2. The number of aryl methyl sites for hydroxylation is 1. The van der Waals surface area contributed by atoms with Crippen molar-refractivity contribution in [3.8, 4) is 5.75 Å². The Morgan fingerprint density at radius 2 is 1.65 bits per heavy atom. The van der Waals surface area contributed by atoms with Gasteiger partial charge in [-0.1, -0.05) is 6.07 Å². The van der Waals surface area contributed by atoms with Gasteiger partial charge in [0.1, 0.15) is 5.75 Å². The van der Waals surface area contributed by atoms with E-state index in [0.29, 0.717) is 41.2 Å². The quantitative estimate of drug-likeness (QED) is 0.529. The zero-order valence-corrected chi connectivity index (χ0v) is 19.7. The Balaban J connectivity index is 1.50. The van der Waals surface area contributed by atoms with Gasteiger partial charge in [-0.25, -0.2) is 8.42 Å². The first kappa shape index (κ1) is 23.3. The lowest BCUT2D eigenvalue weighted by molar-refractivity contribution is -0.117. The summed E-state index contributed by atoms with van der Waals surface area (Å²) in [5, 5.41) is 2.75. The number of carbonyl (C=O) groups is 2. The molecule has 3 aromatic rings. The average molecular weight is 480 g/mol. The molecule has 176 valence electrons. The number of hydrogen-bond acceptors (Lipinski definition) is 5. The maximum atomic E-state index is 13.0. The lowest BCUT2D eigenvalue weighted by Gasteiger charge is -2.16. The molecule has 0 unspecified atom stereocenters. The highest BCUT2D eigenvalue weighted by atomic mass is 32.2. The third-order valence-electron chi connectivity index (χ3n) is 5.59. The highest BCUT2D eigenvalue weighted by molar-refractivity contribution is 7.92. The maximum absolute atomic E-state index is 13.0. The van der Waals surface area contributed by atoms with E-state index in [1.165, 1.54) is 13.2 Å². The second kappa shape index (κ2) is 9.56.